The van der Waals surface area contributed by atoms with E-state index in [0.717, 1.165) is 0 Å². The summed E-state index contributed by atoms with van der Waals surface area (Å²) in [6.07, 6.45) is -0.0875. The van der Waals surface area contributed by atoms with Crippen molar-refractivity contribution in [2.75, 3.05) is 19.6 Å². The van der Waals surface area contributed by atoms with E-state index in [2.05, 4.69) is 16.4 Å². The van der Waals surface area contributed by atoms with Crippen molar-refractivity contribution in [3.8, 4) is 0 Å². The van der Waals surface area contributed by atoms with Crippen LogP contribution in [0.3, 0.4) is 0 Å². The summed E-state index contributed by atoms with van der Waals surface area (Å²) in [6.45, 7) is 0.405. The number of carbonyl (C=O) groups excluding carboxylic acids is 3. The Balaban J connectivity index is 3.41. The van der Waals surface area contributed by atoms with Crippen molar-refractivity contribution in [3.63, 3.8) is 0 Å². The van der Waals surface area contributed by atoms with Crippen molar-refractivity contribution in [2.24, 2.45) is 0 Å². The van der Waals surface area contributed by atoms with E-state index in [9.17, 15) is 19.5 Å². The van der Waals surface area contributed by atoms with E-state index in [4.69, 9.17) is 0 Å². The standard InChI is InChI=1S/C8H15N3O4/c9-5-7(13)11-3-1-6(12)10-4-2-8(14)15/h1-5,9H2,(H,10,12)(H,11,13)(H,14,15). The summed E-state index contributed by atoms with van der Waals surface area (Å²) in [5.41, 5.74) is 3.37. The maximum atomic E-state index is 11.0. The molecule has 0 saturated heterocycles. The zero-order chi connectivity index (χ0) is 11.7. The molecule has 0 aliphatic carbocycles. The highest BCUT2D eigenvalue weighted by molar-refractivity contribution is 5.79. The second kappa shape index (κ2) is 7.74. The van der Waals surface area contributed by atoms with Crippen molar-refractivity contribution in [3.05, 3.63) is 0 Å². The smallest absolute Gasteiger partial charge is 0.275 e. The van der Waals surface area contributed by atoms with Crippen LogP contribution in [0, 0.1) is 0 Å². The summed E-state index contributed by atoms with van der Waals surface area (Å²) in [6, 6.07) is 0. The second-order valence-electron chi connectivity index (χ2n) is 2.82. The van der Waals surface area contributed by atoms with E-state index >= 15 is 0 Å². The first-order valence-electron chi connectivity index (χ1n) is 4.58. The number of carboxylic acid groups (broad SMARTS) is 1. The minimum Gasteiger partial charge on any atom is -0.550 e. The molecule has 0 bridgehead atoms. The Bertz CT molecular complexity index is 242. The average molecular weight is 217 g/mol. The Morgan fingerprint density at radius 3 is 2.07 bits per heavy atom. The predicted octanol–water partition coefficient (Wildman–Crippen LogP) is -4.01. The van der Waals surface area contributed by atoms with Crippen molar-refractivity contribution in [2.45, 2.75) is 12.8 Å². The number of hydrogen-bond acceptors (Lipinski definition) is 4. The molecule has 0 radical (unpaired) electrons. The fourth-order valence-corrected chi connectivity index (χ4v) is 0.796. The van der Waals surface area contributed by atoms with Gasteiger partial charge in [0.05, 0.1) is 0 Å². The third kappa shape index (κ3) is 8.69. The number of aliphatic carboxylic acids is 1. The Labute approximate surface area is 87.0 Å². The Morgan fingerprint density at radius 2 is 1.53 bits per heavy atom. The van der Waals surface area contributed by atoms with Gasteiger partial charge in [0.1, 0.15) is 0 Å². The SMILES string of the molecule is [NH3+]CC(=O)NCCC(=O)NCCC(=O)[O-]. The fourth-order valence-electron chi connectivity index (χ4n) is 0.796. The Morgan fingerprint density at radius 1 is 1.00 bits per heavy atom. The summed E-state index contributed by atoms with van der Waals surface area (Å²) in [5, 5.41) is 14.8. The summed E-state index contributed by atoms with van der Waals surface area (Å²) >= 11 is 0. The van der Waals surface area contributed by atoms with Crippen LogP contribution in [0.25, 0.3) is 0 Å². The fraction of sp³-hybridized carbons (Fsp3) is 0.625. The molecule has 0 rings (SSSR count). The zero-order valence-corrected chi connectivity index (χ0v) is 8.38. The number of rotatable bonds is 7. The van der Waals surface area contributed by atoms with Gasteiger partial charge in [-0.25, -0.2) is 0 Å². The lowest BCUT2D eigenvalue weighted by Gasteiger charge is -2.05. The van der Waals surface area contributed by atoms with E-state index in [1.54, 1.807) is 0 Å². The molecule has 0 aromatic rings. The third-order valence-electron chi connectivity index (χ3n) is 1.55. The number of carboxylic acids is 1. The maximum Gasteiger partial charge on any atom is 0.275 e. The van der Waals surface area contributed by atoms with E-state index in [1.807, 2.05) is 0 Å². The molecule has 86 valence electrons. The number of amides is 2. The van der Waals surface area contributed by atoms with Crippen LogP contribution in [-0.4, -0.2) is 37.4 Å². The molecule has 0 aromatic heterocycles. The summed E-state index contributed by atoms with van der Waals surface area (Å²) < 4.78 is 0. The molecular weight excluding hydrogens is 202 g/mol. The van der Waals surface area contributed by atoms with Gasteiger partial charge in [0.2, 0.25) is 5.91 Å². The average Bonchev–Trinajstić information content (AvgIpc) is 2.17. The highest BCUT2D eigenvalue weighted by Gasteiger charge is 2.02. The van der Waals surface area contributed by atoms with Gasteiger partial charge in [0, 0.05) is 31.9 Å². The van der Waals surface area contributed by atoms with Gasteiger partial charge < -0.3 is 26.3 Å². The third-order valence-corrected chi connectivity index (χ3v) is 1.55. The lowest BCUT2D eigenvalue weighted by Crippen LogP contribution is -2.57. The van der Waals surface area contributed by atoms with E-state index in [1.165, 1.54) is 0 Å². The molecule has 2 amide bonds. The molecule has 0 aliphatic heterocycles. The van der Waals surface area contributed by atoms with Gasteiger partial charge in [-0.1, -0.05) is 0 Å². The quantitative estimate of drug-likeness (QED) is 0.401. The molecule has 0 aromatic carbocycles. The van der Waals surface area contributed by atoms with Gasteiger partial charge in [-0.05, 0) is 0 Å². The molecule has 0 atom stereocenters. The lowest BCUT2D eigenvalue weighted by atomic mass is 10.3. The lowest BCUT2D eigenvalue weighted by molar-refractivity contribution is -0.355. The molecule has 0 fully saturated rings. The Hall–Kier alpha value is -1.63. The van der Waals surface area contributed by atoms with Crippen LogP contribution in [0.5, 0.6) is 0 Å². The van der Waals surface area contributed by atoms with Crippen molar-refractivity contribution < 1.29 is 25.2 Å². The van der Waals surface area contributed by atoms with Gasteiger partial charge in [-0.2, -0.15) is 0 Å². The van der Waals surface area contributed by atoms with Crippen LogP contribution < -0.4 is 21.5 Å². The normalized spacial score (nSPS) is 9.40. The van der Waals surface area contributed by atoms with Gasteiger partial charge in [0.25, 0.3) is 5.91 Å². The zero-order valence-electron chi connectivity index (χ0n) is 8.38. The molecule has 0 unspecified atom stereocenters. The summed E-state index contributed by atoms with van der Waals surface area (Å²) in [4.78, 5) is 31.7. The molecule has 5 N–H and O–H groups in total. The van der Waals surface area contributed by atoms with E-state index < -0.39 is 5.97 Å². The minimum atomic E-state index is -1.21. The highest BCUT2D eigenvalue weighted by atomic mass is 16.4. The molecule has 7 nitrogen and oxygen atoms in total. The van der Waals surface area contributed by atoms with Crippen LogP contribution in [0.15, 0.2) is 0 Å². The van der Waals surface area contributed by atoms with Crippen molar-refractivity contribution >= 4 is 17.8 Å². The van der Waals surface area contributed by atoms with Crippen LogP contribution in [-0.2, 0) is 14.4 Å². The molecule has 7 heteroatoms. The molecular formula is C8H15N3O4. The largest absolute Gasteiger partial charge is 0.550 e. The van der Waals surface area contributed by atoms with Crippen molar-refractivity contribution in [1.82, 2.24) is 10.6 Å². The van der Waals surface area contributed by atoms with E-state index in [0.29, 0.717) is 0 Å². The number of nitrogens with one attached hydrogen (secondary N) is 2. The van der Waals surface area contributed by atoms with Crippen LogP contribution in [0.4, 0.5) is 0 Å². The number of hydrogen-bond donors (Lipinski definition) is 3. The van der Waals surface area contributed by atoms with Gasteiger partial charge in [-0.3, -0.25) is 9.59 Å². The predicted molar refractivity (Wildman–Crippen MR) is 48.0 cm³/mol. The molecule has 15 heavy (non-hydrogen) atoms. The molecule has 0 heterocycles. The molecule has 0 saturated carbocycles. The molecule has 0 aliphatic rings. The topological polar surface area (TPSA) is 126 Å². The van der Waals surface area contributed by atoms with Gasteiger partial charge in [0.15, 0.2) is 6.54 Å². The first kappa shape index (κ1) is 13.4. The Kier molecular flexibility index (Phi) is 6.90. The second-order valence-corrected chi connectivity index (χ2v) is 2.82. The van der Waals surface area contributed by atoms with E-state index in [-0.39, 0.29) is 44.3 Å². The van der Waals surface area contributed by atoms with Gasteiger partial charge in [-0.15, -0.1) is 0 Å². The van der Waals surface area contributed by atoms with Crippen LogP contribution >= 0.6 is 0 Å². The summed E-state index contributed by atoms with van der Waals surface area (Å²) in [7, 11) is 0. The summed E-state index contributed by atoms with van der Waals surface area (Å²) in [5.74, 6) is -1.74. The van der Waals surface area contributed by atoms with Crippen molar-refractivity contribution in [1.29, 1.82) is 0 Å². The highest BCUT2D eigenvalue weighted by Crippen LogP contribution is 1.79. The number of quaternary nitrogens is 1. The van der Waals surface area contributed by atoms with Crippen LogP contribution in [0.2, 0.25) is 0 Å². The van der Waals surface area contributed by atoms with Crippen LogP contribution in [0.1, 0.15) is 12.8 Å². The van der Waals surface area contributed by atoms with Gasteiger partial charge >= 0.3 is 0 Å². The first-order valence-corrected chi connectivity index (χ1v) is 4.58. The minimum absolute atomic E-state index is 0.0461. The monoisotopic (exact) mass is 217 g/mol. The first-order chi connectivity index (χ1) is 7.06. The maximum absolute atomic E-state index is 11.0. The molecule has 0 spiro atoms. The number of carbonyl (C=O) groups is 3.